The molecule has 1 saturated carbocycles. The third kappa shape index (κ3) is 4.77. The van der Waals surface area contributed by atoms with E-state index >= 15 is 0 Å². The van der Waals surface area contributed by atoms with Gasteiger partial charge in [-0.25, -0.2) is 17.5 Å². The number of pyridine rings is 1. The Morgan fingerprint density at radius 2 is 1.98 bits per heavy atom. The lowest BCUT2D eigenvalue weighted by atomic mass is 9.60. The van der Waals surface area contributed by atoms with Gasteiger partial charge in [-0.3, -0.25) is 14.5 Å². The normalized spacial score (nSPS) is 20.4. The van der Waals surface area contributed by atoms with Crippen LogP contribution in [0.2, 0.25) is 5.02 Å². The minimum absolute atomic E-state index is 0.136. The van der Waals surface area contributed by atoms with Crippen LogP contribution in [0, 0.1) is 11.2 Å². The van der Waals surface area contributed by atoms with Gasteiger partial charge in [0.15, 0.2) is 5.78 Å². The Kier molecular flexibility index (Phi) is 7.11. The Balaban J connectivity index is 1.46. The average Bonchev–Trinajstić information content (AvgIpc) is 3.57. The maximum absolute atomic E-state index is 14.5. The summed E-state index contributed by atoms with van der Waals surface area (Å²) in [5.41, 5.74) is 2.35. The summed E-state index contributed by atoms with van der Waals surface area (Å²) in [5.74, 6) is -0.567. The number of fused-ring (bicyclic) bond motifs is 2. The third-order valence-electron chi connectivity index (χ3n) is 8.09. The molecule has 2 atom stereocenters. The van der Waals surface area contributed by atoms with Crippen LogP contribution in [0.15, 0.2) is 65.6 Å². The van der Waals surface area contributed by atoms with E-state index < -0.39 is 27.5 Å². The molecule has 2 aliphatic carbocycles. The summed E-state index contributed by atoms with van der Waals surface area (Å²) in [4.78, 5) is 18.8. The summed E-state index contributed by atoms with van der Waals surface area (Å²) < 4.78 is 45.9. The predicted octanol–water partition coefficient (Wildman–Crippen LogP) is 4.65. The first kappa shape index (κ1) is 28.4. The average molecular weight is 610 g/mol. The van der Waals surface area contributed by atoms with E-state index in [1.54, 1.807) is 42.2 Å². The summed E-state index contributed by atoms with van der Waals surface area (Å²) in [7, 11) is -2.40. The molecule has 1 aromatic carbocycles. The van der Waals surface area contributed by atoms with Crippen molar-refractivity contribution in [2.45, 2.75) is 56.6 Å². The minimum atomic E-state index is -4.01. The Morgan fingerprint density at radius 3 is 2.64 bits per heavy atom. The molecule has 0 amide bonds. The number of Topliss-reactive ketones (excluding diaryl/α,β-unsaturated/α-hetero) is 1. The van der Waals surface area contributed by atoms with E-state index in [0.29, 0.717) is 30.0 Å². The van der Waals surface area contributed by atoms with E-state index in [1.807, 2.05) is 19.9 Å². The molecule has 13 heteroatoms. The Hall–Kier alpha value is -3.74. The molecule has 0 spiro atoms. The Labute approximate surface area is 247 Å². The molecule has 4 aromatic rings. The highest BCUT2D eigenvalue weighted by atomic mass is 35.5. The van der Waals surface area contributed by atoms with Crippen molar-refractivity contribution in [3.8, 4) is 5.69 Å². The van der Waals surface area contributed by atoms with Crippen LogP contribution in [0.25, 0.3) is 11.8 Å². The van der Waals surface area contributed by atoms with Gasteiger partial charge in [0.2, 0.25) is 5.03 Å². The number of benzene rings is 1. The molecule has 0 unspecified atom stereocenters. The Bertz CT molecular complexity index is 1820. The zero-order valence-electron chi connectivity index (χ0n) is 23.3. The number of sulfonamides is 1. The highest BCUT2D eigenvalue weighted by Crippen LogP contribution is 2.51. The third-order valence-corrected chi connectivity index (χ3v) is 10.3. The summed E-state index contributed by atoms with van der Waals surface area (Å²) in [5, 5.41) is 12.5. The van der Waals surface area contributed by atoms with E-state index in [4.69, 9.17) is 11.6 Å². The molecule has 218 valence electrons. The molecular weight excluding hydrogens is 581 g/mol. The standard InChI is InChI=1S/C29H29ClFN7O3S/c1-18(2)38(42(40,41)27-17-36(3)35-34-27)24-7-4-20-12-26-19(16-33-37(26)23-8-5-22(31)6-9-23)14-29(20,15-24)28(39)25-13-21(30)10-11-32-25/h5-6,8-13,16-18,24H,4,7,14-15H2,1-3H3/t24-,29-/m0/s1. The van der Waals surface area contributed by atoms with E-state index in [1.165, 1.54) is 33.5 Å². The van der Waals surface area contributed by atoms with Crippen molar-refractivity contribution in [1.29, 1.82) is 0 Å². The summed E-state index contributed by atoms with van der Waals surface area (Å²) in [6.45, 7) is 3.63. The molecule has 2 aliphatic rings. The van der Waals surface area contributed by atoms with Gasteiger partial charge in [0.05, 0.1) is 29.2 Å². The lowest BCUT2D eigenvalue weighted by molar-refractivity contribution is 0.0722. The van der Waals surface area contributed by atoms with Gasteiger partial charge < -0.3 is 0 Å². The largest absolute Gasteiger partial charge is 0.291 e. The Morgan fingerprint density at radius 1 is 1.21 bits per heavy atom. The fraction of sp³-hybridized carbons (Fsp3) is 0.345. The van der Waals surface area contributed by atoms with Crippen LogP contribution in [0.3, 0.4) is 0 Å². The van der Waals surface area contributed by atoms with Gasteiger partial charge in [-0.05, 0) is 87.6 Å². The van der Waals surface area contributed by atoms with E-state index in [9.17, 15) is 17.6 Å². The van der Waals surface area contributed by atoms with Crippen molar-refractivity contribution in [3.05, 3.63) is 88.4 Å². The lowest BCUT2D eigenvalue weighted by Gasteiger charge is -2.47. The predicted molar refractivity (Wildman–Crippen MR) is 154 cm³/mol. The van der Waals surface area contributed by atoms with Crippen molar-refractivity contribution in [2.24, 2.45) is 12.5 Å². The number of hydrogen-bond acceptors (Lipinski definition) is 7. The second-order valence-electron chi connectivity index (χ2n) is 11.1. The smallest absolute Gasteiger partial charge is 0.264 e. The van der Waals surface area contributed by atoms with Crippen LogP contribution in [0.1, 0.15) is 54.9 Å². The molecule has 1 fully saturated rings. The first-order valence-electron chi connectivity index (χ1n) is 13.6. The summed E-state index contributed by atoms with van der Waals surface area (Å²) >= 11 is 6.27. The number of rotatable bonds is 7. The molecule has 0 N–H and O–H groups in total. The molecule has 0 radical (unpaired) electrons. The summed E-state index contributed by atoms with van der Waals surface area (Å²) in [6.07, 6.45) is 8.09. The molecule has 3 heterocycles. The molecule has 0 aliphatic heterocycles. The first-order chi connectivity index (χ1) is 20.0. The SMILES string of the molecule is CC(C)N([C@H]1CCC2=Cc3c(cnn3-c3ccc(F)cc3)C[C@]2(C(=O)c2cc(Cl)ccn2)C1)S(=O)(=O)c1cn(C)nn1. The highest BCUT2D eigenvalue weighted by Gasteiger charge is 2.52. The van der Waals surface area contributed by atoms with Gasteiger partial charge in [-0.1, -0.05) is 22.4 Å². The molecular formula is C29H29ClFN7O3S. The number of allylic oxidation sites excluding steroid dienone is 1. The van der Waals surface area contributed by atoms with Crippen LogP contribution in [0.4, 0.5) is 4.39 Å². The van der Waals surface area contributed by atoms with Crippen LogP contribution in [-0.4, -0.2) is 60.3 Å². The van der Waals surface area contributed by atoms with Crippen molar-refractivity contribution in [3.63, 3.8) is 0 Å². The maximum atomic E-state index is 14.5. The first-order valence-corrected chi connectivity index (χ1v) is 15.4. The molecule has 42 heavy (non-hydrogen) atoms. The lowest BCUT2D eigenvalue weighted by Crippen LogP contribution is -2.52. The second kappa shape index (κ2) is 10.5. The van der Waals surface area contributed by atoms with Crippen LogP contribution in [-0.2, 0) is 23.5 Å². The zero-order chi connectivity index (χ0) is 29.8. The molecule has 0 bridgehead atoms. The van der Waals surface area contributed by atoms with Crippen LogP contribution < -0.4 is 0 Å². The van der Waals surface area contributed by atoms with Crippen LogP contribution in [0.5, 0.6) is 0 Å². The van der Waals surface area contributed by atoms with E-state index in [-0.39, 0.29) is 28.7 Å². The van der Waals surface area contributed by atoms with Gasteiger partial charge in [-0.2, -0.15) is 9.40 Å². The van der Waals surface area contributed by atoms with Gasteiger partial charge in [0, 0.05) is 30.4 Å². The van der Waals surface area contributed by atoms with E-state index in [2.05, 4.69) is 20.4 Å². The number of hydrogen-bond donors (Lipinski definition) is 0. The number of halogens is 2. The van der Waals surface area contributed by atoms with Gasteiger partial charge >= 0.3 is 0 Å². The monoisotopic (exact) mass is 609 g/mol. The maximum Gasteiger partial charge on any atom is 0.264 e. The van der Waals surface area contributed by atoms with Gasteiger partial charge in [0.1, 0.15) is 11.5 Å². The van der Waals surface area contributed by atoms with E-state index in [0.717, 1.165) is 16.8 Å². The second-order valence-corrected chi connectivity index (χ2v) is 13.3. The fourth-order valence-electron chi connectivity index (χ4n) is 6.31. The highest BCUT2D eigenvalue weighted by molar-refractivity contribution is 7.89. The van der Waals surface area contributed by atoms with Crippen molar-refractivity contribution < 1.29 is 17.6 Å². The quantitative estimate of drug-likeness (QED) is 0.280. The molecule has 3 aromatic heterocycles. The van der Waals surface area contributed by atoms with Gasteiger partial charge in [0.25, 0.3) is 10.0 Å². The number of aromatic nitrogens is 6. The number of ketones is 1. The van der Waals surface area contributed by atoms with Crippen LogP contribution >= 0.6 is 11.6 Å². The fourth-order valence-corrected chi connectivity index (χ4v) is 8.24. The van der Waals surface area contributed by atoms with Crippen molar-refractivity contribution in [2.75, 3.05) is 0 Å². The molecule has 6 rings (SSSR count). The zero-order valence-corrected chi connectivity index (χ0v) is 24.8. The minimum Gasteiger partial charge on any atom is -0.291 e. The number of carbonyl (C=O) groups is 1. The number of aryl methyl sites for hydroxylation is 1. The number of carbonyl (C=O) groups excluding carboxylic acids is 1. The van der Waals surface area contributed by atoms with Crippen molar-refractivity contribution in [1.82, 2.24) is 34.1 Å². The topological polar surface area (TPSA) is 116 Å². The summed E-state index contributed by atoms with van der Waals surface area (Å²) in [6, 6.07) is 8.32. The number of nitrogens with zero attached hydrogens (tertiary/aromatic N) is 7. The van der Waals surface area contributed by atoms with Crippen molar-refractivity contribution >= 4 is 33.5 Å². The van der Waals surface area contributed by atoms with Gasteiger partial charge in [-0.15, -0.1) is 5.10 Å². The molecule has 0 saturated heterocycles. The molecule has 10 nitrogen and oxygen atoms in total.